The summed E-state index contributed by atoms with van der Waals surface area (Å²) >= 11 is 0. The second-order valence-electron chi connectivity index (χ2n) is 6.22. The first-order valence-corrected chi connectivity index (χ1v) is 7.53. The number of nitrogens with two attached hydrogens (primary N) is 1. The Hall–Kier alpha value is -1.76. The zero-order valence-electron chi connectivity index (χ0n) is 12.8. The number of nitrogens with zero attached hydrogens (tertiary/aromatic N) is 2. The fourth-order valence-corrected chi connectivity index (χ4v) is 3.38. The highest BCUT2D eigenvalue weighted by Gasteiger charge is 2.35. The van der Waals surface area contributed by atoms with Gasteiger partial charge in [0, 0.05) is 29.2 Å². The number of hydrogen-bond acceptors (Lipinski definition) is 2. The van der Waals surface area contributed by atoms with E-state index in [2.05, 4.69) is 0 Å². The molecule has 7 heteroatoms. The van der Waals surface area contributed by atoms with Crippen molar-refractivity contribution in [3.63, 3.8) is 0 Å². The first-order chi connectivity index (χ1) is 10.8. The van der Waals surface area contributed by atoms with Crippen LogP contribution in [0.1, 0.15) is 18.0 Å². The number of alkyl halides is 4. The quantitative estimate of drug-likeness (QED) is 0.675. The average Bonchev–Trinajstić information content (AvgIpc) is 2.77. The van der Waals surface area contributed by atoms with Crippen LogP contribution in [0, 0.1) is 0 Å². The van der Waals surface area contributed by atoms with Crippen LogP contribution >= 0.6 is 0 Å². The Kier molecular flexibility index (Phi) is 4.00. The number of nitrogen functional groups attached to an aromatic ring is 1. The third-order valence-electron chi connectivity index (χ3n) is 4.47. The SMILES string of the molecule is CN1CC[C@H](c2cc3c(N)cccc3n2CC(F)(F)F)[C@H](F)C1. The number of anilines is 1. The lowest BCUT2D eigenvalue weighted by Crippen LogP contribution is -2.39. The molecule has 0 radical (unpaired) electrons. The maximum Gasteiger partial charge on any atom is 0.406 e. The molecule has 1 aliphatic rings. The van der Waals surface area contributed by atoms with Crippen LogP contribution in [0.5, 0.6) is 0 Å². The zero-order valence-corrected chi connectivity index (χ0v) is 12.8. The maximum absolute atomic E-state index is 14.5. The summed E-state index contributed by atoms with van der Waals surface area (Å²) < 4.78 is 54.6. The minimum absolute atomic E-state index is 0.230. The Morgan fingerprint density at radius 2 is 2.04 bits per heavy atom. The van der Waals surface area contributed by atoms with E-state index >= 15 is 0 Å². The number of benzene rings is 1. The van der Waals surface area contributed by atoms with Crippen LogP contribution < -0.4 is 5.73 Å². The van der Waals surface area contributed by atoms with Gasteiger partial charge in [0.25, 0.3) is 0 Å². The van der Waals surface area contributed by atoms with Crippen molar-refractivity contribution in [1.82, 2.24) is 9.47 Å². The van der Waals surface area contributed by atoms with Gasteiger partial charge in [-0.2, -0.15) is 13.2 Å². The van der Waals surface area contributed by atoms with Crippen LogP contribution in [0.25, 0.3) is 10.9 Å². The Morgan fingerprint density at radius 3 is 2.70 bits per heavy atom. The summed E-state index contributed by atoms with van der Waals surface area (Å²) in [5.41, 5.74) is 7.09. The van der Waals surface area contributed by atoms with Gasteiger partial charge in [0.1, 0.15) is 12.7 Å². The van der Waals surface area contributed by atoms with Crippen LogP contribution in [0.4, 0.5) is 23.2 Å². The lowest BCUT2D eigenvalue weighted by molar-refractivity contribution is -0.140. The molecule has 1 aliphatic heterocycles. The van der Waals surface area contributed by atoms with E-state index in [-0.39, 0.29) is 6.54 Å². The molecule has 0 bridgehead atoms. The van der Waals surface area contributed by atoms with Gasteiger partial charge in [0.15, 0.2) is 0 Å². The van der Waals surface area contributed by atoms with Crippen LogP contribution in [-0.4, -0.2) is 42.0 Å². The molecule has 0 spiro atoms. The number of aromatic nitrogens is 1. The molecule has 0 amide bonds. The van der Waals surface area contributed by atoms with E-state index in [4.69, 9.17) is 5.73 Å². The molecule has 0 unspecified atom stereocenters. The van der Waals surface area contributed by atoms with Gasteiger partial charge in [-0.3, -0.25) is 0 Å². The lowest BCUT2D eigenvalue weighted by atomic mass is 9.91. The average molecular weight is 329 g/mol. The van der Waals surface area contributed by atoms with Crippen LogP contribution in [-0.2, 0) is 6.54 Å². The molecule has 1 fully saturated rings. The number of likely N-dealkylation sites (tertiary alicyclic amines) is 1. The molecule has 1 aromatic carbocycles. The monoisotopic (exact) mass is 329 g/mol. The number of fused-ring (bicyclic) bond motifs is 1. The third kappa shape index (κ3) is 3.15. The van der Waals surface area contributed by atoms with Crippen LogP contribution in [0.3, 0.4) is 0 Å². The molecule has 126 valence electrons. The maximum atomic E-state index is 14.5. The zero-order chi connectivity index (χ0) is 16.8. The van der Waals surface area contributed by atoms with Crippen molar-refractivity contribution in [1.29, 1.82) is 0 Å². The van der Waals surface area contributed by atoms with Crippen molar-refractivity contribution in [2.75, 3.05) is 25.9 Å². The van der Waals surface area contributed by atoms with Gasteiger partial charge in [-0.05, 0) is 38.2 Å². The van der Waals surface area contributed by atoms with E-state index in [0.29, 0.717) is 35.2 Å². The van der Waals surface area contributed by atoms with Crippen molar-refractivity contribution < 1.29 is 17.6 Å². The number of piperidine rings is 1. The summed E-state index contributed by atoms with van der Waals surface area (Å²) in [5.74, 6) is -0.541. The Labute approximate surface area is 131 Å². The van der Waals surface area contributed by atoms with E-state index in [1.165, 1.54) is 4.57 Å². The van der Waals surface area contributed by atoms with E-state index in [0.717, 1.165) is 0 Å². The van der Waals surface area contributed by atoms with Crippen molar-refractivity contribution >= 4 is 16.6 Å². The topological polar surface area (TPSA) is 34.2 Å². The van der Waals surface area contributed by atoms with Gasteiger partial charge < -0.3 is 15.2 Å². The van der Waals surface area contributed by atoms with Crippen molar-refractivity contribution in [3.8, 4) is 0 Å². The Morgan fingerprint density at radius 1 is 1.30 bits per heavy atom. The molecule has 2 aromatic rings. The minimum Gasteiger partial charge on any atom is -0.398 e. The molecule has 0 saturated carbocycles. The highest BCUT2D eigenvalue weighted by atomic mass is 19.4. The second kappa shape index (κ2) is 5.70. The summed E-state index contributed by atoms with van der Waals surface area (Å²) in [5, 5.41) is 0.554. The third-order valence-corrected chi connectivity index (χ3v) is 4.47. The van der Waals surface area contributed by atoms with Crippen molar-refractivity contribution in [2.45, 2.75) is 31.2 Å². The molecular formula is C16H19F4N3. The summed E-state index contributed by atoms with van der Waals surface area (Å²) in [6.07, 6.45) is -5.07. The normalized spacial score (nSPS) is 23.5. The fourth-order valence-electron chi connectivity index (χ4n) is 3.38. The van der Waals surface area contributed by atoms with Gasteiger partial charge in [0.05, 0.1) is 5.52 Å². The van der Waals surface area contributed by atoms with Crippen LogP contribution in [0.2, 0.25) is 0 Å². The van der Waals surface area contributed by atoms with E-state index in [9.17, 15) is 17.6 Å². The van der Waals surface area contributed by atoms with Gasteiger partial charge >= 0.3 is 6.18 Å². The molecule has 1 saturated heterocycles. The number of rotatable bonds is 2. The fraction of sp³-hybridized carbons (Fsp3) is 0.500. The molecule has 1 aromatic heterocycles. The molecule has 2 heterocycles. The molecule has 3 rings (SSSR count). The highest BCUT2D eigenvalue weighted by molar-refractivity contribution is 5.92. The standard InChI is InChI=1S/C16H19F4N3/c1-22-6-5-10(12(17)8-22)15-7-11-13(21)3-2-4-14(11)23(15)9-16(18,19)20/h2-4,7,10,12H,5-6,8-9,21H2,1H3/t10-,12+/m0/s1. The molecular weight excluding hydrogens is 310 g/mol. The summed E-state index contributed by atoms with van der Waals surface area (Å²) in [4.78, 5) is 1.85. The van der Waals surface area contributed by atoms with Crippen molar-refractivity contribution in [2.24, 2.45) is 0 Å². The predicted molar refractivity (Wildman–Crippen MR) is 82.2 cm³/mol. The molecule has 23 heavy (non-hydrogen) atoms. The molecule has 2 atom stereocenters. The van der Waals surface area contributed by atoms with E-state index < -0.39 is 24.8 Å². The van der Waals surface area contributed by atoms with Crippen LogP contribution in [0.15, 0.2) is 24.3 Å². The number of halogens is 4. The van der Waals surface area contributed by atoms with Gasteiger partial charge in [-0.25, -0.2) is 4.39 Å². The number of hydrogen-bond donors (Lipinski definition) is 1. The molecule has 3 nitrogen and oxygen atoms in total. The molecule has 0 aliphatic carbocycles. The van der Waals surface area contributed by atoms with Gasteiger partial charge in [-0.1, -0.05) is 6.07 Å². The molecule has 2 N–H and O–H groups in total. The largest absolute Gasteiger partial charge is 0.406 e. The summed E-state index contributed by atoms with van der Waals surface area (Å²) in [7, 11) is 1.81. The minimum atomic E-state index is -4.37. The first kappa shape index (κ1) is 16.1. The van der Waals surface area contributed by atoms with Crippen molar-refractivity contribution in [3.05, 3.63) is 30.0 Å². The highest BCUT2D eigenvalue weighted by Crippen LogP contribution is 2.37. The second-order valence-corrected chi connectivity index (χ2v) is 6.22. The van der Waals surface area contributed by atoms with Gasteiger partial charge in [-0.15, -0.1) is 0 Å². The predicted octanol–water partition coefficient (Wildman–Crippen LogP) is 3.54. The van der Waals surface area contributed by atoms with E-state index in [1.54, 1.807) is 24.3 Å². The first-order valence-electron chi connectivity index (χ1n) is 7.53. The van der Waals surface area contributed by atoms with Gasteiger partial charge in [0.2, 0.25) is 0 Å². The lowest BCUT2D eigenvalue weighted by Gasteiger charge is -2.33. The Balaban J connectivity index is 2.11. The smallest absolute Gasteiger partial charge is 0.398 e. The van der Waals surface area contributed by atoms with E-state index in [1.807, 2.05) is 11.9 Å². The summed E-state index contributed by atoms with van der Waals surface area (Å²) in [6, 6.07) is 6.49. The Bertz CT molecular complexity index is 707. The summed E-state index contributed by atoms with van der Waals surface area (Å²) in [6.45, 7) is -0.240.